The third-order valence-electron chi connectivity index (χ3n) is 9.91. The summed E-state index contributed by atoms with van der Waals surface area (Å²) in [5.41, 5.74) is 2.18. The van der Waals surface area contributed by atoms with E-state index in [-0.39, 0.29) is 33.7 Å². The van der Waals surface area contributed by atoms with Gasteiger partial charge in [0.1, 0.15) is 11.6 Å². The van der Waals surface area contributed by atoms with E-state index in [1.165, 1.54) is 28.0 Å². The van der Waals surface area contributed by atoms with Gasteiger partial charge < -0.3 is 29.6 Å². The van der Waals surface area contributed by atoms with Gasteiger partial charge in [0, 0.05) is 88.1 Å². The van der Waals surface area contributed by atoms with Crippen LogP contribution in [0.5, 0.6) is 0 Å². The van der Waals surface area contributed by atoms with Crippen LogP contribution in [0.1, 0.15) is 25.8 Å². The number of hydrogen-bond donors (Lipinski definition) is 2. The van der Waals surface area contributed by atoms with Crippen LogP contribution in [0.25, 0.3) is 48.7 Å². The summed E-state index contributed by atoms with van der Waals surface area (Å²) < 4.78 is 36.5. The Kier molecular flexibility index (Phi) is 7.25. The number of nitrogens with one attached hydrogen (secondary N) is 2. The lowest BCUT2D eigenvalue weighted by Gasteiger charge is -2.30. The predicted molar refractivity (Wildman–Crippen MR) is 187 cm³/mol. The van der Waals surface area contributed by atoms with Crippen LogP contribution in [-0.4, -0.2) is 81.3 Å². The molecule has 0 atom stereocenters. The van der Waals surface area contributed by atoms with Gasteiger partial charge in [-0.25, -0.2) is 8.78 Å². The number of piperazine rings is 2. The Hall–Kier alpha value is -4.73. The van der Waals surface area contributed by atoms with Crippen molar-refractivity contribution >= 4 is 49.5 Å². The van der Waals surface area contributed by atoms with Crippen LogP contribution >= 0.6 is 11.3 Å². The van der Waals surface area contributed by atoms with Crippen molar-refractivity contribution in [3.05, 3.63) is 68.7 Å². The second kappa shape index (κ2) is 11.7. The van der Waals surface area contributed by atoms with Gasteiger partial charge in [-0.05, 0) is 44.0 Å². The summed E-state index contributed by atoms with van der Waals surface area (Å²) >= 11 is 1.18. The Morgan fingerprint density at radius 3 is 2.00 bits per heavy atom. The molecule has 6 heterocycles. The maximum atomic E-state index is 15.6. The number of rotatable bonds is 6. The lowest BCUT2D eigenvalue weighted by atomic mass is 10.1. The predicted octanol–water partition coefficient (Wildman–Crippen LogP) is 3.60. The number of anilines is 2. The first-order valence-corrected chi connectivity index (χ1v) is 17.6. The number of benzene rings is 2. The number of pyridine rings is 2. The molecule has 1 aliphatic carbocycles. The minimum atomic E-state index is -0.451. The summed E-state index contributed by atoms with van der Waals surface area (Å²) in [5.74, 6) is -0.673. The van der Waals surface area contributed by atoms with Gasteiger partial charge in [0.05, 0.1) is 33.5 Å². The molecule has 252 valence electrons. The minimum absolute atomic E-state index is 0.202. The maximum absolute atomic E-state index is 15.6. The molecule has 6 aromatic rings. The Labute approximate surface area is 282 Å². The van der Waals surface area contributed by atoms with Crippen LogP contribution in [-0.2, 0) is 6.54 Å². The zero-order chi connectivity index (χ0) is 33.4. The molecule has 49 heavy (non-hydrogen) atoms. The zero-order valence-electron chi connectivity index (χ0n) is 26.9. The molecule has 3 fully saturated rings. The molecule has 1 saturated carbocycles. The molecule has 0 radical (unpaired) electrons. The maximum Gasteiger partial charge on any atom is 0.235 e. The van der Waals surface area contributed by atoms with Crippen LogP contribution in [0.15, 0.2) is 46.2 Å². The lowest BCUT2D eigenvalue weighted by Crippen LogP contribution is -2.43. The van der Waals surface area contributed by atoms with Crippen LogP contribution in [0.3, 0.4) is 0 Å². The number of aromatic nitrogens is 6. The summed E-state index contributed by atoms with van der Waals surface area (Å²) in [7, 11) is 0. The van der Waals surface area contributed by atoms with E-state index in [0.717, 1.165) is 39.0 Å². The highest BCUT2D eigenvalue weighted by Crippen LogP contribution is 2.39. The first-order valence-electron chi connectivity index (χ1n) is 16.8. The molecular formula is C34H34F2N10O2S. The standard InChI is InChI=1S/C34H34F2N10O2S/c1-2-42-17-22(30(47)20-13-24(35)28(15-26(20)42)43-9-5-37-6-10-43)32-39-40-34-46(32)41-33(49-34)23-18-45(19-3-4-19)27-16-29(44-11-7-38-8-12-44)25(36)14-21(27)31(23)48/h13-19,37-38H,2-12H2,1H3. The van der Waals surface area contributed by atoms with E-state index in [9.17, 15) is 9.59 Å². The monoisotopic (exact) mass is 684 g/mol. The van der Waals surface area contributed by atoms with Crippen molar-refractivity contribution in [2.75, 3.05) is 62.2 Å². The van der Waals surface area contributed by atoms with E-state index in [2.05, 4.69) is 25.4 Å². The zero-order valence-corrected chi connectivity index (χ0v) is 27.7. The quantitative estimate of drug-likeness (QED) is 0.272. The van der Waals surface area contributed by atoms with Crippen molar-refractivity contribution in [3.8, 4) is 22.0 Å². The lowest BCUT2D eigenvalue weighted by molar-refractivity contribution is 0.566. The highest BCUT2D eigenvalue weighted by molar-refractivity contribution is 7.19. The molecule has 0 spiro atoms. The van der Waals surface area contributed by atoms with E-state index in [1.54, 1.807) is 12.3 Å². The van der Waals surface area contributed by atoms with E-state index < -0.39 is 11.6 Å². The van der Waals surface area contributed by atoms with Gasteiger partial charge in [0.25, 0.3) is 0 Å². The number of fused-ring (bicyclic) bond motifs is 3. The van der Waals surface area contributed by atoms with Crippen molar-refractivity contribution in [1.29, 1.82) is 0 Å². The van der Waals surface area contributed by atoms with E-state index in [1.807, 2.05) is 33.6 Å². The van der Waals surface area contributed by atoms with E-state index in [0.29, 0.717) is 76.1 Å². The average Bonchev–Trinajstić information content (AvgIpc) is 3.77. The van der Waals surface area contributed by atoms with Crippen molar-refractivity contribution < 1.29 is 8.78 Å². The third-order valence-corrected chi connectivity index (χ3v) is 10.8. The molecule has 0 bridgehead atoms. The Bertz CT molecular complexity index is 2400. The molecular weight excluding hydrogens is 651 g/mol. The minimum Gasteiger partial charge on any atom is -0.367 e. The second-order valence-corrected chi connectivity index (χ2v) is 13.9. The summed E-state index contributed by atoms with van der Waals surface area (Å²) in [6, 6.07) is 6.45. The molecule has 2 N–H and O–H groups in total. The fourth-order valence-electron chi connectivity index (χ4n) is 7.18. The fraction of sp³-hybridized carbons (Fsp3) is 0.382. The molecule has 0 amide bonds. The smallest absolute Gasteiger partial charge is 0.235 e. The molecule has 3 aliphatic rings. The molecule has 2 aliphatic heterocycles. The highest BCUT2D eigenvalue weighted by Gasteiger charge is 2.29. The summed E-state index contributed by atoms with van der Waals surface area (Å²) in [5, 5.41) is 20.9. The topological polar surface area (TPSA) is 118 Å². The number of nitrogens with zero attached hydrogens (tertiary/aromatic N) is 8. The summed E-state index contributed by atoms with van der Waals surface area (Å²) in [4.78, 5) is 32.4. The Morgan fingerprint density at radius 2 is 1.39 bits per heavy atom. The van der Waals surface area contributed by atoms with Crippen LogP contribution in [0, 0.1) is 11.6 Å². The van der Waals surface area contributed by atoms with E-state index >= 15 is 8.78 Å². The van der Waals surface area contributed by atoms with E-state index in [4.69, 9.17) is 5.10 Å². The van der Waals surface area contributed by atoms with Gasteiger partial charge in [-0.3, -0.25) is 9.59 Å². The molecule has 4 aromatic heterocycles. The van der Waals surface area contributed by atoms with Crippen LogP contribution in [0.2, 0.25) is 0 Å². The third kappa shape index (κ3) is 5.01. The average molecular weight is 685 g/mol. The van der Waals surface area contributed by atoms with Gasteiger partial charge >= 0.3 is 0 Å². The van der Waals surface area contributed by atoms with Crippen molar-refractivity contribution in [2.45, 2.75) is 32.4 Å². The number of hydrogen-bond acceptors (Lipinski definition) is 10. The molecule has 2 saturated heterocycles. The fourth-order valence-corrected chi connectivity index (χ4v) is 8.02. The first kappa shape index (κ1) is 30.3. The molecule has 15 heteroatoms. The second-order valence-electron chi connectivity index (χ2n) is 12.9. The van der Waals surface area contributed by atoms with Gasteiger partial charge in [-0.1, -0.05) is 11.3 Å². The number of aryl methyl sites for hydroxylation is 1. The van der Waals surface area contributed by atoms with Gasteiger partial charge in [0.2, 0.25) is 10.4 Å². The largest absolute Gasteiger partial charge is 0.367 e. The van der Waals surface area contributed by atoms with Gasteiger partial charge in [0.15, 0.2) is 16.3 Å². The van der Waals surface area contributed by atoms with Crippen molar-refractivity contribution in [2.24, 2.45) is 0 Å². The number of halogens is 2. The highest BCUT2D eigenvalue weighted by atomic mass is 32.1. The summed E-state index contributed by atoms with van der Waals surface area (Å²) in [6.07, 6.45) is 5.48. The normalized spacial score (nSPS) is 17.2. The van der Waals surface area contributed by atoms with Gasteiger partial charge in [-0.15, -0.1) is 10.2 Å². The molecule has 2 aromatic carbocycles. The summed E-state index contributed by atoms with van der Waals surface area (Å²) in [6.45, 7) is 8.30. The van der Waals surface area contributed by atoms with Gasteiger partial charge in [-0.2, -0.15) is 9.61 Å². The van der Waals surface area contributed by atoms with Crippen molar-refractivity contribution in [3.63, 3.8) is 0 Å². The Morgan fingerprint density at radius 1 is 0.796 bits per heavy atom. The molecule has 0 unspecified atom stereocenters. The SMILES string of the molecule is CCn1cc(-c2nnc3sc(-c4cn(C5CC5)c5cc(N6CCNCC6)c(F)cc5c4=O)nn23)c(=O)c2cc(F)c(N3CCNCC3)cc21. The molecule has 9 rings (SSSR count). The van der Waals surface area contributed by atoms with Crippen molar-refractivity contribution in [1.82, 2.24) is 39.6 Å². The Balaban J connectivity index is 1.16. The van der Waals surface area contributed by atoms with Crippen LogP contribution < -0.4 is 31.3 Å². The van der Waals surface area contributed by atoms with Crippen LogP contribution in [0.4, 0.5) is 20.2 Å². The molecule has 12 nitrogen and oxygen atoms in total. The first-order chi connectivity index (χ1) is 23.9.